The molecule has 0 radical (unpaired) electrons. The molecule has 5 rings (SSSR count). The first kappa shape index (κ1) is 20.3. The number of thioether (sulfide) groups is 1. The fourth-order valence-corrected chi connectivity index (χ4v) is 5.24. The number of benzene rings is 1. The van der Waals surface area contributed by atoms with Crippen LogP contribution in [0.5, 0.6) is 0 Å². The van der Waals surface area contributed by atoms with Gasteiger partial charge in [-0.2, -0.15) is 0 Å². The molecule has 1 N–H and O–H groups in total. The molecule has 2 heterocycles. The number of nitrogens with one attached hydrogen (secondary N) is 1. The van der Waals surface area contributed by atoms with Gasteiger partial charge in [0.1, 0.15) is 11.1 Å². The van der Waals surface area contributed by atoms with Crippen molar-refractivity contribution >= 4 is 17.7 Å². The third-order valence-electron chi connectivity index (χ3n) is 5.90. The molecule has 3 aromatic rings. The number of hydrogen-bond donors (Lipinski definition) is 1. The number of rotatable bonds is 7. The summed E-state index contributed by atoms with van der Waals surface area (Å²) in [4.78, 5) is 13.1. The summed E-state index contributed by atoms with van der Waals surface area (Å²) >= 11 is 1.38. The zero-order chi connectivity index (χ0) is 21.2. The molecule has 2 aromatic heterocycles. The Kier molecular flexibility index (Phi) is 5.80. The Morgan fingerprint density at radius 2 is 1.87 bits per heavy atom. The molecule has 1 atom stereocenters. The van der Waals surface area contributed by atoms with Crippen molar-refractivity contribution in [2.45, 2.75) is 67.4 Å². The molecule has 0 aliphatic heterocycles. The van der Waals surface area contributed by atoms with Crippen LogP contribution in [0.2, 0.25) is 0 Å². The van der Waals surface area contributed by atoms with Gasteiger partial charge in [0, 0.05) is 12.1 Å². The lowest BCUT2D eigenvalue weighted by molar-refractivity contribution is -0.120. The molecule has 8 heteroatoms. The van der Waals surface area contributed by atoms with Gasteiger partial charge in [0.05, 0.1) is 6.26 Å². The number of carbonyl (C=O) groups excluding carboxylic acids is 1. The monoisotopic (exact) mass is 440 g/mol. The van der Waals surface area contributed by atoms with E-state index in [2.05, 4.69) is 20.1 Å². The van der Waals surface area contributed by atoms with Gasteiger partial charge in [-0.3, -0.25) is 9.36 Å². The molecular formula is C23H25FN4O2S. The standard InChI is InChI=1S/C23H25FN4O2S/c24-16-10-8-15(9-11-16)20(22(29)25-17-12-13-17)31-23-27-26-21(19-7-4-14-30-19)28(23)18-5-2-1-3-6-18/h4,7-11,14,17-18,20H,1-3,5-6,12-13H2,(H,25,29). The van der Waals surface area contributed by atoms with Crippen molar-refractivity contribution in [3.63, 3.8) is 0 Å². The molecule has 31 heavy (non-hydrogen) atoms. The molecule has 0 bridgehead atoms. The minimum Gasteiger partial charge on any atom is -0.461 e. The third kappa shape index (κ3) is 4.54. The van der Waals surface area contributed by atoms with Crippen molar-refractivity contribution < 1.29 is 13.6 Å². The van der Waals surface area contributed by atoms with E-state index in [-0.39, 0.29) is 23.8 Å². The second-order valence-electron chi connectivity index (χ2n) is 8.28. The van der Waals surface area contributed by atoms with E-state index in [1.54, 1.807) is 18.4 Å². The fraction of sp³-hybridized carbons (Fsp3) is 0.435. The molecule has 2 fully saturated rings. The minimum atomic E-state index is -0.530. The Balaban J connectivity index is 1.50. The molecular weight excluding hydrogens is 415 g/mol. The SMILES string of the molecule is O=C(NC1CC1)C(Sc1nnc(-c2ccco2)n1C1CCCCC1)c1ccc(F)cc1. The molecule has 1 unspecified atom stereocenters. The molecule has 0 saturated heterocycles. The molecule has 6 nitrogen and oxygen atoms in total. The molecule has 1 amide bonds. The van der Waals surface area contributed by atoms with E-state index >= 15 is 0 Å². The van der Waals surface area contributed by atoms with Gasteiger partial charge in [-0.05, 0) is 55.5 Å². The van der Waals surface area contributed by atoms with Gasteiger partial charge in [0.25, 0.3) is 0 Å². The van der Waals surface area contributed by atoms with Crippen LogP contribution in [0.1, 0.15) is 61.8 Å². The van der Waals surface area contributed by atoms with Crippen molar-refractivity contribution in [2.24, 2.45) is 0 Å². The smallest absolute Gasteiger partial charge is 0.238 e. The first-order valence-electron chi connectivity index (χ1n) is 10.9. The second kappa shape index (κ2) is 8.86. The number of nitrogens with zero attached hydrogens (tertiary/aromatic N) is 3. The normalized spacial score (nSPS) is 18.1. The molecule has 2 aliphatic rings. The van der Waals surface area contributed by atoms with Crippen LogP contribution in [0.15, 0.2) is 52.2 Å². The van der Waals surface area contributed by atoms with E-state index < -0.39 is 5.25 Å². The predicted octanol–water partition coefficient (Wildman–Crippen LogP) is 5.29. The Labute approximate surface area is 184 Å². The van der Waals surface area contributed by atoms with Crippen molar-refractivity contribution in [1.29, 1.82) is 0 Å². The Morgan fingerprint density at radius 3 is 2.55 bits per heavy atom. The average molecular weight is 441 g/mol. The maximum Gasteiger partial charge on any atom is 0.238 e. The summed E-state index contributed by atoms with van der Waals surface area (Å²) in [6.07, 6.45) is 9.30. The molecule has 2 saturated carbocycles. The van der Waals surface area contributed by atoms with E-state index in [9.17, 15) is 9.18 Å². The topological polar surface area (TPSA) is 73.0 Å². The fourth-order valence-electron chi connectivity index (χ4n) is 4.12. The van der Waals surface area contributed by atoms with Gasteiger partial charge in [-0.25, -0.2) is 4.39 Å². The lowest BCUT2D eigenvalue weighted by Crippen LogP contribution is -2.30. The summed E-state index contributed by atoms with van der Waals surface area (Å²) in [6, 6.07) is 10.4. The number of hydrogen-bond acceptors (Lipinski definition) is 5. The van der Waals surface area contributed by atoms with E-state index in [0.717, 1.165) is 44.1 Å². The Bertz CT molecular complexity index is 1020. The summed E-state index contributed by atoms with van der Waals surface area (Å²) in [7, 11) is 0. The lowest BCUT2D eigenvalue weighted by Gasteiger charge is -2.26. The average Bonchev–Trinajstić information content (AvgIpc) is 3.26. The zero-order valence-electron chi connectivity index (χ0n) is 17.2. The van der Waals surface area contributed by atoms with Gasteiger partial charge in [-0.15, -0.1) is 10.2 Å². The predicted molar refractivity (Wildman–Crippen MR) is 116 cm³/mol. The second-order valence-corrected chi connectivity index (χ2v) is 9.35. The molecule has 1 aromatic carbocycles. The first-order valence-corrected chi connectivity index (χ1v) is 11.8. The van der Waals surface area contributed by atoms with Crippen LogP contribution in [-0.2, 0) is 4.79 Å². The lowest BCUT2D eigenvalue weighted by atomic mass is 9.95. The van der Waals surface area contributed by atoms with Gasteiger partial charge in [0.2, 0.25) is 11.7 Å². The van der Waals surface area contributed by atoms with Crippen LogP contribution in [0.3, 0.4) is 0 Å². The van der Waals surface area contributed by atoms with E-state index in [0.29, 0.717) is 16.7 Å². The van der Waals surface area contributed by atoms with Crippen molar-refractivity contribution in [1.82, 2.24) is 20.1 Å². The van der Waals surface area contributed by atoms with Crippen LogP contribution in [0, 0.1) is 5.82 Å². The Morgan fingerprint density at radius 1 is 1.10 bits per heavy atom. The van der Waals surface area contributed by atoms with E-state index in [4.69, 9.17) is 4.42 Å². The molecule has 2 aliphatic carbocycles. The van der Waals surface area contributed by atoms with Crippen molar-refractivity contribution in [3.05, 3.63) is 54.0 Å². The number of furan rings is 1. The van der Waals surface area contributed by atoms with Gasteiger partial charge >= 0.3 is 0 Å². The molecule has 162 valence electrons. The minimum absolute atomic E-state index is 0.0724. The van der Waals surface area contributed by atoms with Gasteiger partial charge < -0.3 is 9.73 Å². The maximum absolute atomic E-state index is 13.5. The molecule has 0 spiro atoms. The quantitative estimate of drug-likeness (QED) is 0.505. The van der Waals surface area contributed by atoms with Crippen LogP contribution >= 0.6 is 11.8 Å². The summed E-state index contributed by atoms with van der Waals surface area (Å²) in [5.74, 6) is 0.975. The van der Waals surface area contributed by atoms with E-state index in [1.165, 1.54) is 30.3 Å². The van der Waals surface area contributed by atoms with Crippen molar-refractivity contribution in [2.75, 3.05) is 0 Å². The highest BCUT2D eigenvalue weighted by molar-refractivity contribution is 8.00. The zero-order valence-corrected chi connectivity index (χ0v) is 18.0. The highest BCUT2D eigenvalue weighted by Crippen LogP contribution is 2.41. The first-order chi connectivity index (χ1) is 15.2. The van der Waals surface area contributed by atoms with E-state index in [1.807, 2.05) is 12.1 Å². The van der Waals surface area contributed by atoms with Crippen molar-refractivity contribution in [3.8, 4) is 11.6 Å². The number of amides is 1. The highest BCUT2D eigenvalue weighted by atomic mass is 32.2. The third-order valence-corrected chi connectivity index (χ3v) is 7.11. The summed E-state index contributed by atoms with van der Waals surface area (Å²) < 4.78 is 21.3. The summed E-state index contributed by atoms with van der Waals surface area (Å²) in [5.41, 5.74) is 0.752. The van der Waals surface area contributed by atoms with Crippen LogP contribution in [0.25, 0.3) is 11.6 Å². The highest BCUT2D eigenvalue weighted by Gasteiger charge is 2.32. The number of halogens is 1. The van der Waals surface area contributed by atoms with Gasteiger partial charge in [0.15, 0.2) is 10.9 Å². The van der Waals surface area contributed by atoms with Crippen LogP contribution in [-0.4, -0.2) is 26.7 Å². The summed E-state index contributed by atoms with van der Waals surface area (Å²) in [6.45, 7) is 0. The van der Waals surface area contributed by atoms with Crippen LogP contribution in [0.4, 0.5) is 4.39 Å². The maximum atomic E-state index is 13.5. The number of carbonyl (C=O) groups is 1. The Hall–Kier alpha value is -2.61. The number of aromatic nitrogens is 3. The van der Waals surface area contributed by atoms with Crippen LogP contribution < -0.4 is 5.32 Å². The largest absolute Gasteiger partial charge is 0.461 e. The van der Waals surface area contributed by atoms with Gasteiger partial charge in [-0.1, -0.05) is 43.2 Å². The summed E-state index contributed by atoms with van der Waals surface area (Å²) in [5, 5.41) is 12.2.